The summed E-state index contributed by atoms with van der Waals surface area (Å²) in [7, 11) is 2.06. The number of rotatable bonds is 2. The fourth-order valence-corrected chi connectivity index (χ4v) is 3.61. The predicted molar refractivity (Wildman–Crippen MR) is 71.6 cm³/mol. The average Bonchev–Trinajstić information content (AvgIpc) is 2.29. The first-order chi connectivity index (χ1) is 8.49. The molecule has 2 rings (SSSR count). The molecule has 0 spiro atoms. The van der Waals surface area contributed by atoms with E-state index in [9.17, 15) is 9.90 Å². The van der Waals surface area contributed by atoms with Gasteiger partial charge in [0.05, 0.1) is 0 Å². The van der Waals surface area contributed by atoms with Crippen LogP contribution in [0.1, 0.15) is 19.4 Å². The molecule has 0 aromatic heterocycles. The molecule has 3 nitrogen and oxygen atoms in total. The molecule has 1 aliphatic rings. The second-order valence-electron chi connectivity index (χ2n) is 5.56. The molecule has 1 aromatic rings. The van der Waals surface area contributed by atoms with Gasteiger partial charge in [0, 0.05) is 13.1 Å². The highest BCUT2D eigenvalue weighted by atomic mass is 16.4. The minimum Gasteiger partial charge on any atom is -0.481 e. The molecule has 0 bridgehead atoms. The van der Waals surface area contributed by atoms with Gasteiger partial charge in [0.15, 0.2) is 0 Å². The second-order valence-corrected chi connectivity index (χ2v) is 5.56. The largest absolute Gasteiger partial charge is 0.481 e. The van der Waals surface area contributed by atoms with Crippen molar-refractivity contribution in [3.63, 3.8) is 0 Å². The molecule has 0 amide bonds. The lowest BCUT2D eigenvalue weighted by atomic mass is 9.61. The molecule has 3 heteroatoms. The predicted octanol–water partition coefficient (Wildman–Crippen LogP) is 2.23. The molecule has 1 fully saturated rings. The number of likely N-dealkylation sites (tertiary alicyclic amines) is 1. The fourth-order valence-electron chi connectivity index (χ4n) is 3.61. The zero-order valence-corrected chi connectivity index (χ0v) is 11.3. The van der Waals surface area contributed by atoms with Crippen molar-refractivity contribution in [3.8, 4) is 0 Å². The Kier molecular flexibility index (Phi) is 3.44. The molecule has 0 unspecified atom stereocenters. The van der Waals surface area contributed by atoms with E-state index >= 15 is 0 Å². The number of hydrogen-bond donors (Lipinski definition) is 1. The average molecular weight is 247 g/mol. The van der Waals surface area contributed by atoms with Crippen LogP contribution in [0, 0.1) is 11.8 Å². The van der Waals surface area contributed by atoms with Crippen LogP contribution in [0.5, 0.6) is 0 Å². The van der Waals surface area contributed by atoms with E-state index in [0.717, 1.165) is 18.7 Å². The molecular weight excluding hydrogens is 226 g/mol. The van der Waals surface area contributed by atoms with Crippen molar-refractivity contribution < 1.29 is 9.90 Å². The van der Waals surface area contributed by atoms with Crippen LogP contribution in [-0.2, 0) is 10.2 Å². The number of hydrogen-bond acceptors (Lipinski definition) is 2. The van der Waals surface area contributed by atoms with E-state index in [4.69, 9.17) is 0 Å². The van der Waals surface area contributed by atoms with Gasteiger partial charge in [-0.3, -0.25) is 4.79 Å². The molecule has 1 saturated heterocycles. The third kappa shape index (κ3) is 1.83. The van der Waals surface area contributed by atoms with Crippen molar-refractivity contribution in [1.82, 2.24) is 4.90 Å². The molecule has 0 aliphatic carbocycles. The van der Waals surface area contributed by atoms with E-state index in [0.29, 0.717) is 0 Å². The van der Waals surface area contributed by atoms with Gasteiger partial charge in [0.25, 0.3) is 0 Å². The Morgan fingerprint density at radius 1 is 1.22 bits per heavy atom. The smallest absolute Gasteiger partial charge is 0.314 e. The highest BCUT2D eigenvalue weighted by Gasteiger charge is 2.52. The number of aliphatic carboxylic acids is 1. The summed E-state index contributed by atoms with van der Waals surface area (Å²) >= 11 is 0. The lowest BCUT2D eigenvalue weighted by molar-refractivity contribution is -0.151. The molecule has 0 radical (unpaired) electrons. The number of piperidine rings is 1. The molecule has 18 heavy (non-hydrogen) atoms. The van der Waals surface area contributed by atoms with Crippen molar-refractivity contribution in [1.29, 1.82) is 0 Å². The molecule has 1 aliphatic heterocycles. The maximum Gasteiger partial charge on any atom is 0.314 e. The number of nitrogens with zero attached hydrogens (tertiary/aromatic N) is 1. The lowest BCUT2D eigenvalue weighted by Crippen LogP contribution is -2.57. The van der Waals surface area contributed by atoms with Crippen LogP contribution >= 0.6 is 0 Å². The Balaban J connectivity index is 2.53. The van der Waals surface area contributed by atoms with Gasteiger partial charge in [-0.25, -0.2) is 0 Å². The van der Waals surface area contributed by atoms with Crippen LogP contribution in [0.4, 0.5) is 0 Å². The van der Waals surface area contributed by atoms with Gasteiger partial charge in [-0.05, 0) is 24.4 Å². The van der Waals surface area contributed by atoms with Crippen LogP contribution in [0.3, 0.4) is 0 Å². The van der Waals surface area contributed by atoms with Crippen molar-refractivity contribution in [2.45, 2.75) is 19.3 Å². The van der Waals surface area contributed by atoms with Crippen LogP contribution < -0.4 is 0 Å². The van der Waals surface area contributed by atoms with E-state index in [2.05, 4.69) is 11.9 Å². The van der Waals surface area contributed by atoms with Crippen molar-refractivity contribution in [2.75, 3.05) is 20.1 Å². The number of benzene rings is 1. The van der Waals surface area contributed by atoms with Crippen LogP contribution in [0.15, 0.2) is 30.3 Å². The van der Waals surface area contributed by atoms with E-state index in [1.165, 1.54) is 0 Å². The van der Waals surface area contributed by atoms with Gasteiger partial charge < -0.3 is 10.0 Å². The summed E-state index contributed by atoms with van der Waals surface area (Å²) in [6.07, 6.45) is 0. The topological polar surface area (TPSA) is 40.5 Å². The van der Waals surface area contributed by atoms with Gasteiger partial charge >= 0.3 is 5.97 Å². The third-order valence-electron chi connectivity index (χ3n) is 4.33. The lowest BCUT2D eigenvalue weighted by Gasteiger charge is -2.47. The number of carboxylic acid groups (broad SMARTS) is 1. The maximum atomic E-state index is 12.0. The fraction of sp³-hybridized carbons (Fsp3) is 0.533. The highest BCUT2D eigenvalue weighted by Crippen LogP contribution is 2.43. The SMILES string of the molecule is C[C@@H]1CN(C)C[C@@H](C)C1(C(=O)O)c1ccccc1. The van der Waals surface area contributed by atoms with Crippen molar-refractivity contribution in [3.05, 3.63) is 35.9 Å². The van der Waals surface area contributed by atoms with E-state index in [-0.39, 0.29) is 11.8 Å². The van der Waals surface area contributed by atoms with Gasteiger partial charge in [0.1, 0.15) is 5.41 Å². The minimum atomic E-state index is -0.756. The summed E-state index contributed by atoms with van der Waals surface area (Å²) in [5.74, 6) is -0.487. The molecule has 2 atom stereocenters. The van der Waals surface area contributed by atoms with Gasteiger partial charge in [-0.2, -0.15) is 0 Å². The first-order valence-corrected chi connectivity index (χ1v) is 6.47. The summed E-state index contributed by atoms with van der Waals surface area (Å²) in [5.41, 5.74) is 0.180. The zero-order valence-electron chi connectivity index (χ0n) is 11.3. The molecule has 1 aromatic carbocycles. The van der Waals surface area contributed by atoms with E-state index in [1.54, 1.807) is 0 Å². The van der Waals surface area contributed by atoms with Crippen LogP contribution in [0.25, 0.3) is 0 Å². The van der Waals surface area contributed by atoms with Crippen LogP contribution in [-0.4, -0.2) is 36.1 Å². The summed E-state index contributed by atoms with van der Waals surface area (Å²) < 4.78 is 0. The Labute approximate surface area is 108 Å². The Bertz CT molecular complexity index is 417. The summed E-state index contributed by atoms with van der Waals surface area (Å²) in [4.78, 5) is 14.2. The second kappa shape index (κ2) is 4.73. The first-order valence-electron chi connectivity index (χ1n) is 6.47. The Morgan fingerprint density at radius 2 is 1.72 bits per heavy atom. The minimum absolute atomic E-state index is 0.103. The van der Waals surface area contributed by atoms with E-state index in [1.807, 2.05) is 44.2 Å². The summed E-state index contributed by atoms with van der Waals surface area (Å²) in [6.45, 7) is 5.75. The van der Waals surface area contributed by atoms with Gasteiger partial charge in [0.2, 0.25) is 0 Å². The number of carboxylic acids is 1. The Morgan fingerprint density at radius 3 is 2.17 bits per heavy atom. The number of carbonyl (C=O) groups is 1. The molecule has 98 valence electrons. The molecule has 0 saturated carbocycles. The zero-order chi connectivity index (χ0) is 13.3. The van der Waals surface area contributed by atoms with Crippen LogP contribution in [0.2, 0.25) is 0 Å². The van der Waals surface area contributed by atoms with Crippen molar-refractivity contribution >= 4 is 5.97 Å². The van der Waals surface area contributed by atoms with Gasteiger partial charge in [-0.1, -0.05) is 44.2 Å². The summed E-state index contributed by atoms with van der Waals surface area (Å²) in [6, 6.07) is 9.69. The third-order valence-corrected chi connectivity index (χ3v) is 4.33. The van der Waals surface area contributed by atoms with Crippen molar-refractivity contribution in [2.24, 2.45) is 11.8 Å². The maximum absolute atomic E-state index is 12.0. The first kappa shape index (κ1) is 13.1. The Hall–Kier alpha value is -1.35. The standard InChI is InChI=1S/C15H21NO2/c1-11-9-16(3)10-12(2)15(11,14(17)18)13-7-5-4-6-8-13/h4-8,11-12H,9-10H2,1-3H3,(H,17,18)/t11-,12-/m1/s1. The highest BCUT2D eigenvalue weighted by molar-refractivity contribution is 5.82. The van der Waals surface area contributed by atoms with E-state index < -0.39 is 11.4 Å². The molecule has 1 heterocycles. The molecular formula is C15H21NO2. The quantitative estimate of drug-likeness (QED) is 0.871. The normalized spacial score (nSPS) is 27.9. The van der Waals surface area contributed by atoms with Gasteiger partial charge in [-0.15, -0.1) is 0 Å². The molecule has 1 N–H and O–H groups in total. The summed E-state index contributed by atoms with van der Waals surface area (Å²) in [5, 5.41) is 9.85. The monoisotopic (exact) mass is 247 g/mol.